The van der Waals surface area contributed by atoms with Gasteiger partial charge in [0.1, 0.15) is 5.58 Å². The maximum absolute atomic E-state index is 15.1. The number of fused-ring (bicyclic) bond motifs is 5. The molecule has 6 aromatic rings. The van der Waals surface area contributed by atoms with E-state index in [4.69, 9.17) is 27.6 Å². The number of anilines is 2. The van der Waals surface area contributed by atoms with E-state index in [2.05, 4.69) is 10.2 Å². The molecule has 1 atom stereocenters. The number of hydrogen-bond donors (Lipinski definition) is 0. The molecule has 0 saturated carbocycles. The van der Waals surface area contributed by atoms with Crippen LogP contribution < -0.4 is 15.2 Å². The Hall–Kier alpha value is -4.48. The van der Waals surface area contributed by atoms with Gasteiger partial charge in [-0.25, -0.2) is 0 Å². The summed E-state index contributed by atoms with van der Waals surface area (Å²) in [6.07, 6.45) is 0. The Morgan fingerprint density at radius 2 is 1.57 bits per heavy atom. The predicted octanol–water partition coefficient (Wildman–Crippen LogP) is 8.00. The summed E-state index contributed by atoms with van der Waals surface area (Å²) < 4.78 is 6.80. The molecule has 4 aromatic carbocycles. The van der Waals surface area contributed by atoms with Crippen molar-refractivity contribution in [3.63, 3.8) is 0 Å². The van der Waals surface area contributed by atoms with Gasteiger partial charge in [-0.15, -0.1) is 10.2 Å². The molecule has 12 heteroatoms. The zero-order valence-electron chi connectivity index (χ0n) is 24.6. The van der Waals surface area contributed by atoms with Gasteiger partial charge >= 0.3 is 0 Å². The fourth-order valence-corrected chi connectivity index (χ4v) is 8.38. The van der Waals surface area contributed by atoms with Crippen LogP contribution in [0.4, 0.5) is 10.8 Å². The molecule has 232 valence electrons. The molecule has 2 amide bonds. The standard InChI is InChI=1S/C35H22Cl2N4O4S2/c1-19-6-15-27-24(16-19)29(42)28-30(45-27)31(43)41(33-38-39-34(47-33)46-18-21-9-13-23(37)14-10-21)35(28)25-4-2-3-5-26(25)40(32(35)44)17-20-7-11-22(36)12-8-20/h2-16H,17-18H2,1H3. The van der Waals surface area contributed by atoms with Crippen LogP contribution in [-0.4, -0.2) is 22.0 Å². The van der Waals surface area contributed by atoms with Gasteiger partial charge in [0.2, 0.25) is 10.9 Å². The van der Waals surface area contributed by atoms with E-state index in [1.807, 2.05) is 61.5 Å². The van der Waals surface area contributed by atoms with E-state index >= 15 is 4.79 Å². The van der Waals surface area contributed by atoms with Crippen molar-refractivity contribution in [1.82, 2.24) is 10.2 Å². The van der Waals surface area contributed by atoms with Crippen molar-refractivity contribution in [3.8, 4) is 0 Å². The van der Waals surface area contributed by atoms with Gasteiger partial charge in [0, 0.05) is 21.4 Å². The maximum atomic E-state index is 15.1. The number of aromatic nitrogens is 2. The van der Waals surface area contributed by atoms with Crippen LogP contribution >= 0.6 is 46.3 Å². The number of carbonyl (C=O) groups excluding carboxylic acids is 2. The molecule has 8 nitrogen and oxygen atoms in total. The molecular weight excluding hydrogens is 675 g/mol. The molecule has 1 unspecified atom stereocenters. The highest BCUT2D eigenvalue weighted by Crippen LogP contribution is 2.55. The van der Waals surface area contributed by atoms with Crippen LogP contribution in [0.3, 0.4) is 0 Å². The van der Waals surface area contributed by atoms with Crippen LogP contribution in [0, 0.1) is 6.92 Å². The van der Waals surface area contributed by atoms with E-state index in [0.29, 0.717) is 31.4 Å². The second-order valence-electron chi connectivity index (χ2n) is 11.3. The molecule has 8 rings (SSSR count). The minimum Gasteiger partial charge on any atom is -0.450 e. The van der Waals surface area contributed by atoms with Gasteiger partial charge in [0.25, 0.3) is 11.8 Å². The van der Waals surface area contributed by atoms with Crippen LogP contribution in [0.15, 0.2) is 105 Å². The lowest BCUT2D eigenvalue weighted by molar-refractivity contribution is -0.121. The number of carbonyl (C=O) groups is 2. The summed E-state index contributed by atoms with van der Waals surface area (Å²) in [4.78, 5) is 47.1. The summed E-state index contributed by atoms with van der Waals surface area (Å²) in [7, 11) is 0. The molecule has 0 saturated heterocycles. The summed E-state index contributed by atoms with van der Waals surface area (Å²) in [5, 5.41) is 10.5. The van der Waals surface area contributed by atoms with Crippen LogP contribution in [0.1, 0.15) is 38.4 Å². The van der Waals surface area contributed by atoms with Gasteiger partial charge in [0.05, 0.1) is 23.2 Å². The summed E-state index contributed by atoms with van der Waals surface area (Å²) in [6.45, 7) is 2.05. The van der Waals surface area contributed by atoms with E-state index in [1.54, 1.807) is 41.3 Å². The molecule has 0 bridgehead atoms. The van der Waals surface area contributed by atoms with Crippen LogP contribution in [0.5, 0.6) is 0 Å². The number of halogens is 2. The lowest BCUT2D eigenvalue weighted by atomic mass is 9.84. The van der Waals surface area contributed by atoms with Gasteiger partial charge < -0.3 is 9.32 Å². The number of thioether (sulfide) groups is 1. The zero-order valence-corrected chi connectivity index (χ0v) is 27.7. The smallest absolute Gasteiger partial charge is 0.297 e. The molecule has 1 spiro atoms. The molecule has 2 aromatic heterocycles. The summed E-state index contributed by atoms with van der Waals surface area (Å²) in [5.41, 5.74) is 1.68. The van der Waals surface area contributed by atoms with E-state index in [9.17, 15) is 9.59 Å². The number of para-hydroxylation sites is 1. The zero-order chi connectivity index (χ0) is 32.4. The highest BCUT2D eigenvalue weighted by atomic mass is 35.5. The first-order valence-corrected chi connectivity index (χ1v) is 17.1. The topological polar surface area (TPSA) is 96.6 Å². The monoisotopic (exact) mass is 696 g/mol. The molecule has 4 heterocycles. The Bertz CT molecular complexity index is 2310. The summed E-state index contributed by atoms with van der Waals surface area (Å²) in [5.74, 6) is -0.701. The van der Waals surface area contributed by atoms with Crippen molar-refractivity contribution < 1.29 is 14.0 Å². The number of hydrogen-bond acceptors (Lipinski definition) is 8. The Morgan fingerprint density at radius 1 is 0.872 bits per heavy atom. The number of amides is 2. The Morgan fingerprint density at radius 3 is 2.32 bits per heavy atom. The second-order valence-corrected chi connectivity index (χ2v) is 14.3. The third-order valence-corrected chi connectivity index (χ3v) is 11.0. The molecule has 2 aliphatic rings. The van der Waals surface area contributed by atoms with E-state index in [1.165, 1.54) is 28.0 Å². The largest absolute Gasteiger partial charge is 0.450 e. The lowest BCUT2D eigenvalue weighted by Gasteiger charge is -2.32. The number of nitrogens with zero attached hydrogens (tertiary/aromatic N) is 4. The average molecular weight is 698 g/mol. The minimum atomic E-state index is -1.87. The van der Waals surface area contributed by atoms with Crippen molar-refractivity contribution in [3.05, 3.63) is 145 Å². The quantitative estimate of drug-likeness (QED) is 0.129. The molecule has 2 aliphatic heterocycles. The van der Waals surface area contributed by atoms with Gasteiger partial charge in [-0.3, -0.25) is 19.3 Å². The SMILES string of the molecule is Cc1ccc2oc3c(c(=O)c2c1)C1(C(=O)N(Cc2ccc(Cl)cc2)c2ccccc21)N(c1nnc(SCc2ccc(Cl)cc2)s1)C3=O. The third kappa shape index (κ3) is 4.70. The highest BCUT2D eigenvalue weighted by molar-refractivity contribution is 8.00. The maximum Gasteiger partial charge on any atom is 0.297 e. The molecular formula is C35H22Cl2N4O4S2. The summed E-state index contributed by atoms with van der Waals surface area (Å²) >= 11 is 14.8. The number of rotatable bonds is 6. The van der Waals surface area contributed by atoms with Crippen molar-refractivity contribution in [2.24, 2.45) is 0 Å². The van der Waals surface area contributed by atoms with Crippen molar-refractivity contribution >= 4 is 79.9 Å². The number of aryl methyl sites for hydroxylation is 1. The number of benzene rings is 4. The van der Waals surface area contributed by atoms with E-state index in [0.717, 1.165) is 16.7 Å². The predicted molar refractivity (Wildman–Crippen MR) is 185 cm³/mol. The average Bonchev–Trinajstić information content (AvgIpc) is 3.71. The molecule has 0 N–H and O–H groups in total. The molecule has 47 heavy (non-hydrogen) atoms. The summed E-state index contributed by atoms with van der Waals surface area (Å²) in [6, 6.07) is 27.1. The van der Waals surface area contributed by atoms with Crippen molar-refractivity contribution in [2.75, 3.05) is 9.80 Å². The van der Waals surface area contributed by atoms with Gasteiger partial charge in [0.15, 0.2) is 15.3 Å². The van der Waals surface area contributed by atoms with Gasteiger partial charge in [-0.2, -0.15) is 0 Å². The second kappa shape index (κ2) is 11.3. The van der Waals surface area contributed by atoms with Crippen molar-refractivity contribution in [1.29, 1.82) is 0 Å². The van der Waals surface area contributed by atoms with Gasteiger partial charge in [-0.05, 0) is 60.5 Å². The molecule has 0 fully saturated rings. The third-order valence-electron chi connectivity index (χ3n) is 8.40. The minimum absolute atomic E-state index is 0.0257. The van der Waals surface area contributed by atoms with Crippen molar-refractivity contribution in [2.45, 2.75) is 29.1 Å². The lowest BCUT2D eigenvalue weighted by Crippen LogP contribution is -2.53. The Labute approximate surface area is 286 Å². The fourth-order valence-electron chi connectivity index (χ4n) is 6.28. The van der Waals surface area contributed by atoms with Crippen LogP contribution in [0.2, 0.25) is 10.0 Å². The normalized spacial score (nSPS) is 16.8. The van der Waals surface area contributed by atoms with E-state index in [-0.39, 0.29) is 34.0 Å². The Kier molecular flexibility index (Phi) is 7.21. The van der Waals surface area contributed by atoms with Crippen LogP contribution in [-0.2, 0) is 22.6 Å². The Balaban J connectivity index is 1.31. The fraction of sp³-hybridized carbons (Fsp3) is 0.114. The first-order valence-electron chi connectivity index (χ1n) is 14.5. The van der Waals surface area contributed by atoms with Gasteiger partial charge in [-0.1, -0.05) is 100 Å². The molecule has 0 radical (unpaired) electrons. The first-order chi connectivity index (χ1) is 22.8. The van der Waals surface area contributed by atoms with E-state index < -0.39 is 22.8 Å². The highest BCUT2D eigenvalue weighted by Gasteiger charge is 2.66. The molecule has 0 aliphatic carbocycles. The first kappa shape index (κ1) is 29.9. The van der Waals surface area contributed by atoms with Crippen LogP contribution in [0.25, 0.3) is 11.0 Å².